The molecule has 9 nitrogen and oxygen atoms in total. The molecule has 0 bridgehead atoms. The van der Waals surface area contributed by atoms with Crippen LogP contribution >= 0.6 is 0 Å². The third-order valence-electron chi connectivity index (χ3n) is 5.89. The summed E-state index contributed by atoms with van der Waals surface area (Å²) in [7, 11) is 0. The standard InChI is InChI=1S/C24H20F2N8O/c25-14-7-15(26)9-16(8-14)28-11-20-30-22(23(31-20)18-5-6-34(32-18)17-2-3-17)13-1-4-21-29-10-19(24(27)35)33(21)12-13/h1,4-10,12,17,28H,2-3,11H2,(H2,27,35)(H,30,31). The van der Waals surface area contributed by atoms with Crippen molar-refractivity contribution in [2.45, 2.75) is 25.4 Å². The summed E-state index contributed by atoms with van der Waals surface area (Å²) in [5, 5.41) is 7.70. The summed E-state index contributed by atoms with van der Waals surface area (Å²) in [5.41, 5.74) is 9.36. The molecule has 0 radical (unpaired) electrons. The number of primary amides is 1. The Hall–Kier alpha value is -4.54. The van der Waals surface area contributed by atoms with E-state index in [1.807, 2.05) is 23.0 Å². The number of hydrogen-bond acceptors (Lipinski definition) is 5. The van der Waals surface area contributed by atoms with Crippen LogP contribution in [0.1, 0.15) is 35.2 Å². The van der Waals surface area contributed by atoms with Gasteiger partial charge < -0.3 is 16.0 Å². The third kappa shape index (κ3) is 4.01. The second kappa shape index (κ2) is 8.05. The molecule has 1 aromatic carbocycles. The van der Waals surface area contributed by atoms with Crippen molar-refractivity contribution in [3.8, 4) is 22.6 Å². The van der Waals surface area contributed by atoms with Gasteiger partial charge in [-0.25, -0.2) is 18.7 Å². The highest BCUT2D eigenvalue weighted by Crippen LogP contribution is 2.36. The van der Waals surface area contributed by atoms with Gasteiger partial charge in [-0.3, -0.25) is 13.9 Å². The minimum absolute atomic E-state index is 0.194. The van der Waals surface area contributed by atoms with Crippen LogP contribution in [-0.4, -0.2) is 35.0 Å². The highest BCUT2D eigenvalue weighted by molar-refractivity contribution is 5.92. The van der Waals surface area contributed by atoms with Crippen LogP contribution in [0, 0.1) is 11.6 Å². The monoisotopic (exact) mass is 474 g/mol. The van der Waals surface area contributed by atoms with Crippen LogP contribution in [0.4, 0.5) is 14.5 Å². The van der Waals surface area contributed by atoms with Crippen molar-refractivity contribution in [3.63, 3.8) is 0 Å². The van der Waals surface area contributed by atoms with Crippen LogP contribution in [0.15, 0.2) is 55.0 Å². The summed E-state index contributed by atoms with van der Waals surface area (Å²) in [6, 6.07) is 9.20. The average Bonchev–Trinajstić information content (AvgIpc) is 3.22. The van der Waals surface area contributed by atoms with Gasteiger partial charge in [0, 0.05) is 29.7 Å². The Kier molecular flexibility index (Phi) is 4.83. The van der Waals surface area contributed by atoms with Crippen LogP contribution < -0.4 is 11.1 Å². The summed E-state index contributed by atoms with van der Waals surface area (Å²) in [6.45, 7) is 0.194. The summed E-state index contributed by atoms with van der Waals surface area (Å²) < 4.78 is 30.7. The van der Waals surface area contributed by atoms with E-state index in [2.05, 4.69) is 15.3 Å². The maximum atomic E-state index is 13.6. The molecule has 176 valence electrons. The predicted molar refractivity (Wildman–Crippen MR) is 124 cm³/mol. The number of imidazole rings is 2. The van der Waals surface area contributed by atoms with Crippen LogP contribution in [0.5, 0.6) is 0 Å². The second-order valence-corrected chi connectivity index (χ2v) is 8.48. The first-order chi connectivity index (χ1) is 16.9. The first kappa shape index (κ1) is 21.0. The number of carbonyl (C=O) groups is 1. The first-order valence-corrected chi connectivity index (χ1v) is 11.1. The number of nitrogens with two attached hydrogens (primary N) is 1. The lowest BCUT2D eigenvalue weighted by Gasteiger charge is -2.05. The molecule has 5 aromatic rings. The number of carbonyl (C=O) groups excluding carboxylic acids is 1. The molecular weight excluding hydrogens is 454 g/mol. The smallest absolute Gasteiger partial charge is 0.267 e. The Balaban J connectivity index is 1.40. The minimum atomic E-state index is -0.669. The largest absolute Gasteiger partial charge is 0.378 e. The zero-order valence-electron chi connectivity index (χ0n) is 18.4. The third-order valence-corrected chi connectivity index (χ3v) is 5.89. The molecule has 1 saturated carbocycles. The summed E-state index contributed by atoms with van der Waals surface area (Å²) in [4.78, 5) is 24.1. The SMILES string of the molecule is NC(=O)c1cnc2ccc(-c3[nH]c(CNc4cc(F)cc(F)c4)nc3-c3ccn(C4CC4)n3)cn12. The normalized spacial score (nSPS) is 13.4. The van der Waals surface area contributed by atoms with Crippen molar-refractivity contribution in [2.24, 2.45) is 5.73 Å². The topological polar surface area (TPSA) is 119 Å². The first-order valence-electron chi connectivity index (χ1n) is 11.1. The summed E-state index contributed by atoms with van der Waals surface area (Å²) in [6.07, 6.45) is 7.32. The van der Waals surface area contributed by atoms with Crippen molar-refractivity contribution < 1.29 is 13.6 Å². The summed E-state index contributed by atoms with van der Waals surface area (Å²) in [5.74, 6) is -1.38. The minimum Gasteiger partial charge on any atom is -0.378 e. The Bertz CT molecular complexity index is 1560. The van der Waals surface area contributed by atoms with E-state index in [1.54, 1.807) is 16.7 Å². The molecule has 0 spiro atoms. The van der Waals surface area contributed by atoms with Crippen LogP contribution in [0.25, 0.3) is 28.3 Å². The molecule has 35 heavy (non-hydrogen) atoms. The molecule has 1 aliphatic rings. The molecule has 11 heteroatoms. The number of aromatic nitrogens is 6. The van der Waals surface area contributed by atoms with Gasteiger partial charge in [0.15, 0.2) is 0 Å². The Morgan fingerprint density at radius 2 is 1.97 bits per heavy atom. The van der Waals surface area contributed by atoms with Crippen LogP contribution in [-0.2, 0) is 6.54 Å². The van der Waals surface area contributed by atoms with Gasteiger partial charge in [-0.05, 0) is 43.2 Å². The van der Waals surface area contributed by atoms with Crippen molar-refractivity contribution in [1.82, 2.24) is 29.1 Å². The number of anilines is 1. The molecule has 6 rings (SSSR count). The van der Waals surface area contributed by atoms with Gasteiger partial charge in [0.25, 0.3) is 5.91 Å². The molecule has 4 aromatic heterocycles. The van der Waals surface area contributed by atoms with E-state index in [0.717, 1.165) is 24.5 Å². The molecular formula is C24H20F2N8O. The van der Waals surface area contributed by atoms with Gasteiger partial charge in [-0.15, -0.1) is 0 Å². The highest BCUT2D eigenvalue weighted by Gasteiger charge is 2.25. The number of fused-ring (bicyclic) bond motifs is 1. The van der Waals surface area contributed by atoms with E-state index in [1.165, 1.54) is 18.3 Å². The number of hydrogen-bond donors (Lipinski definition) is 3. The zero-order valence-corrected chi connectivity index (χ0v) is 18.4. The van der Waals surface area contributed by atoms with Crippen molar-refractivity contribution >= 4 is 17.2 Å². The zero-order chi connectivity index (χ0) is 24.1. The molecule has 0 unspecified atom stereocenters. The van der Waals surface area contributed by atoms with Gasteiger partial charge in [0.1, 0.15) is 40.2 Å². The molecule has 1 fully saturated rings. The number of benzene rings is 1. The summed E-state index contributed by atoms with van der Waals surface area (Å²) >= 11 is 0. The number of nitrogens with zero attached hydrogens (tertiary/aromatic N) is 5. The Morgan fingerprint density at radius 3 is 2.71 bits per heavy atom. The van der Waals surface area contributed by atoms with E-state index in [0.29, 0.717) is 40.3 Å². The lowest BCUT2D eigenvalue weighted by atomic mass is 10.1. The van der Waals surface area contributed by atoms with Gasteiger partial charge in [0.05, 0.1) is 24.5 Å². The number of nitrogens with one attached hydrogen (secondary N) is 2. The van der Waals surface area contributed by atoms with Crippen molar-refractivity contribution in [1.29, 1.82) is 0 Å². The lowest BCUT2D eigenvalue weighted by molar-refractivity contribution is 0.0994. The molecule has 4 heterocycles. The van der Waals surface area contributed by atoms with Crippen molar-refractivity contribution in [2.75, 3.05) is 5.32 Å². The number of halogens is 2. The maximum absolute atomic E-state index is 13.6. The fraction of sp³-hybridized carbons (Fsp3) is 0.167. The van der Waals surface area contributed by atoms with E-state index >= 15 is 0 Å². The molecule has 0 saturated heterocycles. The van der Waals surface area contributed by atoms with Gasteiger partial charge in [0.2, 0.25) is 0 Å². The second-order valence-electron chi connectivity index (χ2n) is 8.48. The molecule has 1 aliphatic carbocycles. The maximum Gasteiger partial charge on any atom is 0.267 e. The molecule has 0 atom stereocenters. The predicted octanol–water partition coefficient (Wildman–Crippen LogP) is 3.91. The average molecular weight is 474 g/mol. The lowest BCUT2D eigenvalue weighted by Crippen LogP contribution is -2.13. The number of pyridine rings is 1. The van der Waals surface area contributed by atoms with Crippen LogP contribution in [0.3, 0.4) is 0 Å². The van der Waals surface area contributed by atoms with Crippen LogP contribution in [0.2, 0.25) is 0 Å². The number of amides is 1. The fourth-order valence-corrected chi connectivity index (χ4v) is 4.06. The number of rotatable bonds is 7. The number of H-pyrrole nitrogens is 1. The van der Waals surface area contributed by atoms with E-state index in [-0.39, 0.29) is 12.2 Å². The highest BCUT2D eigenvalue weighted by atomic mass is 19.1. The quantitative estimate of drug-likeness (QED) is 0.330. The Morgan fingerprint density at radius 1 is 1.17 bits per heavy atom. The van der Waals surface area contributed by atoms with Crippen molar-refractivity contribution in [3.05, 3.63) is 78.1 Å². The number of aromatic amines is 1. The molecule has 0 aliphatic heterocycles. The van der Waals surface area contributed by atoms with E-state index in [4.69, 9.17) is 15.8 Å². The fourth-order valence-electron chi connectivity index (χ4n) is 4.06. The molecule has 1 amide bonds. The van der Waals surface area contributed by atoms with Gasteiger partial charge in [-0.1, -0.05) is 0 Å². The van der Waals surface area contributed by atoms with E-state index < -0.39 is 17.5 Å². The Labute approximate surface area is 197 Å². The van der Waals surface area contributed by atoms with Gasteiger partial charge in [-0.2, -0.15) is 5.10 Å². The van der Waals surface area contributed by atoms with E-state index in [9.17, 15) is 13.6 Å². The van der Waals surface area contributed by atoms with Gasteiger partial charge >= 0.3 is 0 Å². The molecule has 4 N–H and O–H groups in total.